The first-order valence-corrected chi connectivity index (χ1v) is 9.67. The maximum atomic E-state index is 12.6. The minimum absolute atomic E-state index is 0.0218. The van der Waals surface area contributed by atoms with Gasteiger partial charge in [0.25, 0.3) is 0 Å². The molecule has 1 N–H and O–H groups in total. The number of fused-ring (bicyclic) bond motifs is 2. The topological polar surface area (TPSA) is 45.5 Å². The number of carbonyl (C=O) groups is 1. The molecule has 0 saturated heterocycles. The lowest BCUT2D eigenvalue weighted by atomic mass is 9.87. The van der Waals surface area contributed by atoms with Gasteiger partial charge >= 0.3 is 0 Å². The van der Waals surface area contributed by atoms with Crippen LogP contribution in [0.5, 0.6) is 0 Å². The van der Waals surface area contributed by atoms with Crippen molar-refractivity contribution in [2.75, 3.05) is 13.6 Å². The molecule has 2 aromatic carbocycles. The van der Waals surface area contributed by atoms with Crippen LogP contribution in [0.3, 0.4) is 0 Å². The minimum Gasteiger partial charge on any atom is -0.459 e. The van der Waals surface area contributed by atoms with Gasteiger partial charge < -0.3 is 9.73 Å². The third kappa shape index (κ3) is 3.76. The molecule has 0 spiro atoms. The molecule has 1 aromatic heterocycles. The van der Waals surface area contributed by atoms with E-state index in [1.165, 1.54) is 17.5 Å². The Morgan fingerprint density at radius 1 is 1.22 bits per heavy atom. The molecule has 4 heteroatoms. The van der Waals surface area contributed by atoms with Crippen molar-refractivity contribution in [1.82, 2.24) is 10.2 Å². The monoisotopic (exact) mass is 362 g/mol. The number of rotatable bonds is 5. The number of carbonyl (C=O) groups excluding carboxylic acids is 1. The van der Waals surface area contributed by atoms with Crippen molar-refractivity contribution in [2.24, 2.45) is 0 Å². The number of hydrogen-bond donors (Lipinski definition) is 1. The quantitative estimate of drug-likeness (QED) is 0.720. The molecule has 0 unspecified atom stereocenters. The maximum absolute atomic E-state index is 12.6. The van der Waals surface area contributed by atoms with E-state index in [-0.39, 0.29) is 11.9 Å². The van der Waals surface area contributed by atoms with E-state index < -0.39 is 0 Å². The van der Waals surface area contributed by atoms with Crippen LogP contribution in [0, 0.1) is 0 Å². The van der Waals surface area contributed by atoms with E-state index in [1.807, 2.05) is 44.3 Å². The summed E-state index contributed by atoms with van der Waals surface area (Å²) in [7, 11) is 2.04. The van der Waals surface area contributed by atoms with Gasteiger partial charge in [-0.15, -0.1) is 0 Å². The number of nitrogens with zero attached hydrogens (tertiary/aromatic N) is 1. The van der Waals surface area contributed by atoms with Gasteiger partial charge in [-0.05, 0) is 56.5 Å². The summed E-state index contributed by atoms with van der Waals surface area (Å²) in [4.78, 5) is 14.8. The molecule has 0 fully saturated rings. The van der Waals surface area contributed by atoms with Crippen molar-refractivity contribution in [3.63, 3.8) is 0 Å². The summed E-state index contributed by atoms with van der Waals surface area (Å²) >= 11 is 0. The lowest BCUT2D eigenvalue weighted by Gasteiger charge is -2.33. The average Bonchev–Trinajstić information content (AvgIpc) is 3.12. The second-order valence-corrected chi connectivity index (χ2v) is 7.50. The number of likely N-dealkylation sites (N-methyl/N-ethyl adjacent to an activating group) is 1. The molecule has 2 atom stereocenters. The zero-order valence-corrected chi connectivity index (χ0v) is 15.9. The number of benzene rings is 2. The second kappa shape index (κ2) is 7.57. The van der Waals surface area contributed by atoms with Crippen LogP contribution < -0.4 is 5.32 Å². The van der Waals surface area contributed by atoms with Gasteiger partial charge in [-0.25, -0.2) is 0 Å². The van der Waals surface area contributed by atoms with E-state index in [0.29, 0.717) is 12.6 Å². The Bertz CT molecular complexity index is 913. The highest BCUT2D eigenvalue weighted by molar-refractivity contribution is 5.80. The van der Waals surface area contributed by atoms with E-state index in [4.69, 9.17) is 4.42 Å². The largest absolute Gasteiger partial charge is 0.459 e. The smallest absolute Gasteiger partial charge is 0.234 e. The first-order chi connectivity index (χ1) is 13.1. The number of amides is 1. The van der Waals surface area contributed by atoms with Crippen LogP contribution in [-0.4, -0.2) is 24.4 Å². The molecule has 140 valence electrons. The van der Waals surface area contributed by atoms with Crippen molar-refractivity contribution < 1.29 is 9.21 Å². The SMILES string of the molecule is C[C@@H](NC(=O)CN(C)[C@@H]1CCCc2ccccc21)c1cc2ccccc2o1. The van der Waals surface area contributed by atoms with Gasteiger partial charge in [0, 0.05) is 11.4 Å². The summed E-state index contributed by atoms with van der Waals surface area (Å²) in [5, 5.41) is 4.14. The van der Waals surface area contributed by atoms with Crippen molar-refractivity contribution in [3.05, 3.63) is 71.5 Å². The summed E-state index contributed by atoms with van der Waals surface area (Å²) in [6, 6.07) is 18.7. The number of hydrogen-bond acceptors (Lipinski definition) is 3. The van der Waals surface area contributed by atoms with E-state index in [2.05, 4.69) is 34.5 Å². The third-order valence-electron chi connectivity index (χ3n) is 5.51. The molecule has 1 heterocycles. The van der Waals surface area contributed by atoms with Gasteiger partial charge in [0.05, 0.1) is 12.6 Å². The van der Waals surface area contributed by atoms with Crippen LogP contribution in [-0.2, 0) is 11.2 Å². The fraction of sp³-hybridized carbons (Fsp3) is 0.348. The molecular weight excluding hydrogens is 336 g/mol. The van der Waals surface area contributed by atoms with Crippen molar-refractivity contribution in [1.29, 1.82) is 0 Å². The van der Waals surface area contributed by atoms with E-state index in [9.17, 15) is 4.79 Å². The molecule has 0 aliphatic heterocycles. The zero-order chi connectivity index (χ0) is 18.8. The lowest BCUT2D eigenvalue weighted by Crippen LogP contribution is -2.39. The Morgan fingerprint density at radius 3 is 2.85 bits per heavy atom. The molecule has 0 bridgehead atoms. The van der Waals surface area contributed by atoms with Gasteiger partial charge in [-0.1, -0.05) is 42.5 Å². The zero-order valence-electron chi connectivity index (χ0n) is 15.9. The Morgan fingerprint density at radius 2 is 2.00 bits per heavy atom. The van der Waals surface area contributed by atoms with E-state index >= 15 is 0 Å². The molecule has 1 amide bonds. The average molecular weight is 362 g/mol. The summed E-state index contributed by atoms with van der Waals surface area (Å²) in [5.74, 6) is 0.809. The number of para-hydroxylation sites is 1. The van der Waals surface area contributed by atoms with Crippen molar-refractivity contribution in [2.45, 2.75) is 38.3 Å². The van der Waals surface area contributed by atoms with Gasteiger partial charge in [0.1, 0.15) is 11.3 Å². The normalized spacial score (nSPS) is 17.7. The Kier molecular flexibility index (Phi) is 4.99. The fourth-order valence-electron chi connectivity index (χ4n) is 4.10. The third-order valence-corrected chi connectivity index (χ3v) is 5.51. The van der Waals surface area contributed by atoms with Crippen LogP contribution in [0.2, 0.25) is 0 Å². The molecule has 0 saturated carbocycles. The van der Waals surface area contributed by atoms with E-state index in [0.717, 1.165) is 29.6 Å². The molecular formula is C23H26N2O2. The van der Waals surface area contributed by atoms with Crippen LogP contribution in [0.25, 0.3) is 11.0 Å². The van der Waals surface area contributed by atoms with Crippen LogP contribution >= 0.6 is 0 Å². The Labute approximate surface area is 160 Å². The van der Waals surface area contributed by atoms with Crippen molar-refractivity contribution >= 4 is 16.9 Å². The fourth-order valence-corrected chi connectivity index (χ4v) is 4.10. The highest BCUT2D eigenvalue weighted by Gasteiger charge is 2.25. The minimum atomic E-state index is -0.156. The molecule has 27 heavy (non-hydrogen) atoms. The number of aryl methyl sites for hydroxylation is 1. The first-order valence-electron chi connectivity index (χ1n) is 9.67. The summed E-state index contributed by atoms with van der Waals surface area (Å²) < 4.78 is 5.87. The molecule has 3 aromatic rings. The Balaban J connectivity index is 1.40. The van der Waals surface area contributed by atoms with Gasteiger partial charge in [0.15, 0.2) is 0 Å². The van der Waals surface area contributed by atoms with Crippen LogP contribution in [0.4, 0.5) is 0 Å². The predicted octanol–water partition coefficient (Wildman–Crippen LogP) is 4.62. The second-order valence-electron chi connectivity index (χ2n) is 7.50. The van der Waals surface area contributed by atoms with Gasteiger partial charge in [-0.3, -0.25) is 9.69 Å². The highest BCUT2D eigenvalue weighted by Crippen LogP contribution is 2.33. The lowest BCUT2D eigenvalue weighted by molar-refractivity contribution is -0.123. The highest BCUT2D eigenvalue weighted by atomic mass is 16.3. The Hall–Kier alpha value is -2.59. The van der Waals surface area contributed by atoms with Crippen molar-refractivity contribution in [3.8, 4) is 0 Å². The standard InChI is InChI=1S/C23H26N2O2/c1-16(22-14-18-9-4-6-13-21(18)27-22)24-23(26)15-25(2)20-12-7-10-17-8-3-5-11-19(17)20/h3-6,8-9,11,13-14,16,20H,7,10,12,15H2,1-2H3,(H,24,26)/t16-,20-/m1/s1. The molecule has 1 aliphatic rings. The molecule has 4 nitrogen and oxygen atoms in total. The molecule has 1 aliphatic carbocycles. The van der Waals surface area contributed by atoms with Crippen LogP contribution in [0.1, 0.15) is 48.7 Å². The number of nitrogens with one attached hydrogen (secondary N) is 1. The predicted molar refractivity (Wildman–Crippen MR) is 108 cm³/mol. The number of furan rings is 1. The maximum Gasteiger partial charge on any atom is 0.234 e. The first kappa shape index (κ1) is 17.8. The van der Waals surface area contributed by atoms with E-state index in [1.54, 1.807) is 0 Å². The summed E-state index contributed by atoms with van der Waals surface area (Å²) in [6.07, 6.45) is 3.40. The summed E-state index contributed by atoms with van der Waals surface area (Å²) in [6.45, 7) is 2.34. The van der Waals surface area contributed by atoms with Crippen LogP contribution in [0.15, 0.2) is 59.0 Å². The van der Waals surface area contributed by atoms with Gasteiger partial charge in [0.2, 0.25) is 5.91 Å². The molecule has 0 radical (unpaired) electrons. The van der Waals surface area contributed by atoms with Gasteiger partial charge in [-0.2, -0.15) is 0 Å². The molecule has 4 rings (SSSR count). The summed E-state index contributed by atoms with van der Waals surface area (Å²) in [5.41, 5.74) is 3.63.